The Bertz CT molecular complexity index is 802. The number of nitrogens with one attached hydrogen (secondary N) is 1. The van der Waals surface area contributed by atoms with Crippen LogP contribution in [0.15, 0.2) is 30.0 Å². The second kappa shape index (κ2) is 5.13. The number of rotatable bonds is 2. The maximum absolute atomic E-state index is 9.53. The van der Waals surface area contributed by atoms with E-state index in [4.69, 9.17) is 0 Å². The Kier molecular flexibility index (Phi) is 3.32. The van der Waals surface area contributed by atoms with Gasteiger partial charge in [-0.05, 0) is 42.8 Å². The number of thiazole rings is 1. The van der Waals surface area contributed by atoms with Crippen molar-refractivity contribution in [3.05, 3.63) is 45.5 Å². The molecule has 0 unspecified atom stereocenters. The molecule has 0 saturated carbocycles. The number of aliphatic hydroxyl groups is 1. The van der Waals surface area contributed by atoms with E-state index in [1.807, 2.05) is 19.2 Å². The van der Waals surface area contributed by atoms with Crippen LogP contribution in [-0.2, 0) is 0 Å². The van der Waals surface area contributed by atoms with Crippen LogP contribution in [0, 0.1) is 6.92 Å². The second-order valence-corrected chi connectivity index (χ2v) is 5.81. The largest absolute Gasteiger partial charge is 0.512 e. The predicted molar refractivity (Wildman–Crippen MR) is 85.3 cm³/mol. The van der Waals surface area contributed by atoms with Gasteiger partial charge < -0.3 is 10.4 Å². The molecule has 2 aromatic rings. The number of nitrogens with zero attached hydrogens (tertiary/aromatic N) is 1. The second-order valence-electron chi connectivity index (χ2n) is 4.78. The molecule has 2 N–H and O–H groups in total. The fourth-order valence-electron chi connectivity index (χ4n) is 2.25. The zero-order valence-corrected chi connectivity index (χ0v) is 12.3. The van der Waals surface area contributed by atoms with Crippen LogP contribution < -0.4 is 15.2 Å². The summed E-state index contributed by atoms with van der Waals surface area (Å²) in [6, 6.07) is 6.32. The van der Waals surface area contributed by atoms with Gasteiger partial charge in [-0.2, -0.15) is 0 Å². The number of hydrogen-bond acceptors (Lipinski definition) is 4. The lowest BCUT2D eigenvalue weighted by molar-refractivity contribution is 0.405. The summed E-state index contributed by atoms with van der Waals surface area (Å²) in [7, 11) is 1.93. The summed E-state index contributed by atoms with van der Waals surface area (Å²) < 4.78 is 1.12. The normalized spacial score (nSPS) is 13.6. The van der Waals surface area contributed by atoms with Gasteiger partial charge >= 0.3 is 0 Å². The topological polar surface area (TPSA) is 45.2 Å². The number of aryl methyl sites for hydroxylation is 1. The van der Waals surface area contributed by atoms with Gasteiger partial charge in [-0.15, -0.1) is 11.3 Å². The van der Waals surface area contributed by atoms with Crippen molar-refractivity contribution < 1.29 is 5.11 Å². The minimum Gasteiger partial charge on any atom is -0.512 e. The first-order valence-electron chi connectivity index (χ1n) is 6.53. The van der Waals surface area contributed by atoms with Gasteiger partial charge in [0.15, 0.2) is 0 Å². The molecule has 0 amide bonds. The van der Waals surface area contributed by atoms with Crippen LogP contribution in [0.4, 0.5) is 5.69 Å². The summed E-state index contributed by atoms with van der Waals surface area (Å²) in [5, 5.41) is 14.7. The van der Waals surface area contributed by atoms with Crippen molar-refractivity contribution >= 4 is 29.2 Å². The van der Waals surface area contributed by atoms with E-state index < -0.39 is 0 Å². The summed E-state index contributed by atoms with van der Waals surface area (Å²) in [5.74, 6) is 0.381. The van der Waals surface area contributed by atoms with Gasteiger partial charge in [0.2, 0.25) is 0 Å². The van der Waals surface area contributed by atoms with Crippen molar-refractivity contribution in [2.45, 2.75) is 13.3 Å². The smallest absolute Gasteiger partial charge is 0.124 e. The maximum atomic E-state index is 9.53. The number of aliphatic hydroxyl groups excluding tert-OH is 1. The van der Waals surface area contributed by atoms with Crippen molar-refractivity contribution in [2.24, 2.45) is 0 Å². The first-order valence-corrected chi connectivity index (χ1v) is 7.34. The minimum absolute atomic E-state index is 0.381. The highest BCUT2D eigenvalue weighted by molar-refractivity contribution is 7.13. The van der Waals surface area contributed by atoms with E-state index in [0.717, 1.165) is 26.1 Å². The molecule has 102 valence electrons. The molecule has 0 radical (unpaired) electrons. The molecular formula is C16H16N2OS. The zero-order valence-electron chi connectivity index (χ0n) is 11.5. The third kappa shape index (κ3) is 2.34. The van der Waals surface area contributed by atoms with Crippen molar-refractivity contribution in [1.29, 1.82) is 0 Å². The van der Waals surface area contributed by atoms with Crippen LogP contribution in [0.5, 0.6) is 0 Å². The van der Waals surface area contributed by atoms with Crippen molar-refractivity contribution in [3.63, 3.8) is 0 Å². The Balaban J connectivity index is 2.09. The van der Waals surface area contributed by atoms with Gasteiger partial charge in [0.05, 0.1) is 15.6 Å². The highest BCUT2D eigenvalue weighted by Gasteiger charge is 2.07. The lowest BCUT2D eigenvalue weighted by Gasteiger charge is -2.05. The van der Waals surface area contributed by atoms with Crippen LogP contribution >= 0.6 is 11.3 Å². The molecule has 0 fully saturated rings. The highest BCUT2D eigenvalue weighted by Crippen LogP contribution is 2.24. The van der Waals surface area contributed by atoms with Gasteiger partial charge in [0.1, 0.15) is 5.01 Å². The minimum atomic E-state index is 0.381. The summed E-state index contributed by atoms with van der Waals surface area (Å²) in [4.78, 5) is 4.67. The molecule has 1 aliphatic rings. The van der Waals surface area contributed by atoms with Gasteiger partial charge in [-0.1, -0.05) is 6.08 Å². The van der Waals surface area contributed by atoms with Crippen LogP contribution in [0.3, 0.4) is 0 Å². The summed E-state index contributed by atoms with van der Waals surface area (Å²) in [6.07, 6.45) is 6.20. The van der Waals surface area contributed by atoms with Gasteiger partial charge in [0, 0.05) is 24.7 Å². The highest BCUT2D eigenvalue weighted by atomic mass is 32.1. The number of fused-ring (bicyclic) bond motifs is 1. The molecule has 0 spiro atoms. The monoisotopic (exact) mass is 284 g/mol. The standard InChI is InChI=1S/C16H16N2OS/c1-10-9-11(3-6-13(10)17-2)16-18-14-7-4-12(19)5-8-15(14)20-16/h3-4,6-9,17,19H,5H2,1-2H3. The molecular weight excluding hydrogens is 268 g/mol. The predicted octanol–water partition coefficient (Wildman–Crippen LogP) is 2.57. The number of benzene rings is 1. The average Bonchev–Trinajstić information content (AvgIpc) is 2.78. The molecule has 20 heavy (non-hydrogen) atoms. The molecule has 1 aromatic carbocycles. The molecule has 1 aromatic heterocycles. The van der Waals surface area contributed by atoms with Gasteiger partial charge in [-0.3, -0.25) is 0 Å². The van der Waals surface area contributed by atoms with Gasteiger partial charge in [-0.25, -0.2) is 4.98 Å². The SMILES string of the molecule is CNc1ccc(-c2nc3c(s2)=CCC(O)=CC=3)cc1C. The molecule has 4 heteroatoms. The quantitative estimate of drug-likeness (QED) is 0.891. The summed E-state index contributed by atoms with van der Waals surface area (Å²) in [6.45, 7) is 2.09. The van der Waals surface area contributed by atoms with Crippen LogP contribution in [0.25, 0.3) is 22.7 Å². The first-order chi connectivity index (χ1) is 9.67. The first kappa shape index (κ1) is 12.9. The lowest BCUT2D eigenvalue weighted by Crippen LogP contribution is -2.19. The Morgan fingerprint density at radius 2 is 2.15 bits per heavy atom. The van der Waals surface area contributed by atoms with E-state index in [2.05, 4.69) is 35.4 Å². The van der Waals surface area contributed by atoms with Crippen molar-refractivity contribution in [1.82, 2.24) is 4.98 Å². The van der Waals surface area contributed by atoms with Crippen molar-refractivity contribution in [3.8, 4) is 10.6 Å². The molecule has 3 rings (SSSR count). The van der Waals surface area contributed by atoms with E-state index in [9.17, 15) is 5.11 Å². The lowest BCUT2D eigenvalue weighted by atomic mass is 10.1. The van der Waals surface area contributed by atoms with Gasteiger partial charge in [0.25, 0.3) is 0 Å². The Morgan fingerprint density at radius 3 is 2.90 bits per heavy atom. The van der Waals surface area contributed by atoms with Crippen LogP contribution in [0.2, 0.25) is 0 Å². The van der Waals surface area contributed by atoms with E-state index >= 15 is 0 Å². The Hall–Kier alpha value is -2.07. The third-order valence-electron chi connectivity index (χ3n) is 3.35. The van der Waals surface area contributed by atoms with E-state index in [0.29, 0.717) is 12.2 Å². The molecule has 0 saturated heterocycles. The number of anilines is 1. The molecule has 1 aliphatic carbocycles. The van der Waals surface area contributed by atoms with Crippen molar-refractivity contribution in [2.75, 3.05) is 12.4 Å². The molecule has 3 nitrogen and oxygen atoms in total. The van der Waals surface area contributed by atoms with E-state index in [1.54, 1.807) is 17.4 Å². The number of aromatic nitrogens is 1. The van der Waals surface area contributed by atoms with E-state index in [-0.39, 0.29) is 0 Å². The summed E-state index contributed by atoms with van der Waals surface area (Å²) in [5.41, 5.74) is 3.48. The zero-order chi connectivity index (χ0) is 14.1. The maximum Gasteiger partial charge on any atom is 0.124 e. The van der Waals surface area contributed by atoms with E-state index in [1.165, 1.54) is 5.56 Å². The number of hydrogen-bond donors (Lipinski definition) is 2. The molecule has 0 bridgehead atoms. The summed E-state index contributed by atoms with van der Waals surface area (Å²) >= 11 is 1.66. The Morgan fingerprint density at radius 1 is 1.30 bits per heavy atom. The third-order valence-corrected chi connectivity index (χ3v) is 4.47. The number of allylic oxidation sites excluding steroid dienone is 2. The van der Waals surface area contributed by atoms with Crippen LogP contribution in [0.1, 0.15) is 12.0 Å². The molecule has 1 heterocycles. The molecule has 0 aliphatic heterocycles. The Labute approximate surface area is 121 Å². The van der Waals surface area contributed by atoms with Crippen LogP contribution in [-0.4, -0.2) is 17.1 Å². The average molecular weight is 284 g/mol. The fourth-order valence-corrected chi connectivity index (χ4v) is 3.23. The fraction of sp³-hybridized carbons (Fsp3) is 0.188. The molecule has 0 atom stereocenters.